The van der Waals surface area contributed by atoms with Gasteiger partial charge in [-0.05, 0) is 41.5 Å². The van der Waals surface area contributed by atoms with E-state index in [0.29, 0.717) is 0 Å². The lowest BCUT2D eigenvalue weighted by atomic mass is 9.81. The highest BCUT2D eigenvalue weighted by Crippen LogP contribution is 2.54. The molecule has 0 N–H and O–H groups in total. The van der Waals surface area contributed by atoms with Crippen LogP contribution < -0.4 is 0 Å². The van der Waals surface area contributed by atoms with Crippen molar-refractivity contribution in [3.63, 3.8) is 0 Å². The number of hydrogen-bond donors (Lipinski definition) is 0. The summed E-state index contributed by atoms with van der Waals surface area (Å²) in [7, 11) is 0. The van der Waals surface area contributed by atoms with Crippen molar-refractivity contribution in [2.24, 2.45) is 0 Å². The molecule has 20 heavy (non-hydrogen) atoms. The summed E-state index contributed by atoms with van der Waals surface area (Å²) >= 11 is 1.99. The zero-order valence-corrected chi connectivity index (χ0v) is 14.9. The van der Waals surface area contributed by atoms with Gasteiger partial charge in [0.1, 0.15) is 0 Å². The fourth-order valence-electron chi connectivity index (χ4n) is 2.97. The van der Waals surface area contributed by atoms with E-state index in [-0.39, 0.29) is 10.8 Å². The van der Waals surface area contributed by atoms with Gasteiger partial charge in [-0.2, -0.15) is 0 Å². The first-order chi connectivity index (χ1) is 9.23. The summed E-state index contributed by atoms with van der Waals surface area (Å²) in [6.07, 6.45) is 7.16. The molecule has 0 radical (unpaired) electrons. The van der Waals surface area contributed by atoms with E-state index < -0.39 is 0 Å². The molecule has 0 aliphatic heterocycles. The average Bonchev–Trinajstić information content (AvgIpc) is 2.85. The molecule has 0 fully saturated rings. The van der Waals surface area contributed by atoms with Crippen LogP contribution in [-0.4, -0.2) is 0 Å². The van der Waals surface area contributed by atoms with Crippen molar-refractivity contribution >= 4 is 16.9 Å². The molecule has 0 nitrogen and oxygen atoms in total. The lowest BCUT2D eigenvalue weighted by Gasteiger charge is -2.23. The Balaban J connectivity index is 2.58. The third kappa shape index (κ3) is 2.41. The maximum atomic E-state index is 2.46. The van der Waals surface area contributed by atoms with E-state index in [1.54, 1.807) is 0 Å². The smallest absolute Gasteiger partial charge is 0.0386 e. The van der Waals surface area contributed by atoms with Gasteiger partial charge in [0.05, 0.1) is 0 Å². The van der Waals surface area contributed by atoms with Crippen LogP contribution in [0.5, 0.6) is 0 Å². The minimum Gasteiger partial charge on any atom is -0.139 e. The molecule has 1 heteroatoms. The molecule has 0 amide bonds. The SMILES string of the molecule is CC=C1/C(=C\CCC)C(C)(C)c2cc(C(C)(C)C)sc21. The Morgan fingerprint density at radius 3 is 2.40 bits per heavy atom. The van der Waals surface area contributed by atoms with E-state index in [0.717, 1.165) is 0 Å². The molecular weight excluding hydrogens is 260 g/mol. The molecule has 0 aromatic carbocycles. The highest BCUT2D eigenvalue weighted by atomic mass is 32.1. The molecule has 1 aromatic rings. The summed E-state index contributed by atoms with van der Waals surface area (Å²) in [5.41, 5.74) is 4.94. The van der Waals surface area contributed by atoms with Gasteiger partial charge >= 0.3 is 0 Å². The lowest BCUT2D eigenvalue weighted by Crippen LogP contribution is -2.16. The van der Waals surface area contributed by atoms with E-state index in [1.807, 2.05) is 11.3 Å². The van der Waals surface area contributed by atoms with Crippen LogP contribution in [-0.2, 0) is 10.8 Å². The van der Waals surface area contributed by atoms with Crippen LogP contribution in [0.3, 0.4) is 0 Å². The molecule has 0 bridgehead atoms. The lowest BCUT2D eigenvalue weighted by molar-refractivity contribution is 0.599. The van der Waals surface area contributed by atoms with Gasteiger partial charge in [-0.3, -0.25) is 0 Å². The van der Waals surface area contributed by atoms with Crippen LogP contribution in [0.25, 0.3) is 5.57 Å². The largest absolute Gasteiger partial charge is 0.139 e. The molecule has 0 spiro atoms. The van der Waals surface area contributed by atoms with Gasteiger partial charge in [-0.25, -0.2) is 0 Å². The third-order valence-electron chi connectivity index (χ3n) is 4.28. The van der Waals surface area contributed by atoms with Crippen LogP contribution in [0, 0.1) is 0 Å². The second-order valence-electron chi connectivity index (χ2n) is 7.34. The first-order valence-corrected chi connectivity index (χ1v) is 8.57. The quantitative estimate of drug-likeness (QED) is 0.585. The van der Waals surface area contributed by atoms with E-state index >= 15 is 0 Å². The summed E-state index contributed by atoms with van der Waals surface area (Å²) in [4.78, 5) is 3.01. The van der Waals surface area contributed by atoms with Crippen molar-refractivity contribution in [3.8, 4) is 0 Å². The Labute approximate surface area is 128 Å². The molecule has 0 saturated heterocycles. The van der Waals surface area contributed by atoms with Crippen molar-refractivity contribution in [1.82, 2.24) is 0 Å². The van der Waals surface area contributed by atoms with Gasteiger partial charge in [0.25, 0.3) is 0 Å². The molecule has 2 rings (SSSR count). The van der Waals surface area contributed by atoms with E-state index in [1.165, 1.54) is 39.3 Å². The Morgan fingerprint density at radius 2 is 1.90 bits per heavy atom. The summed E-state index contributed by atoms with van der Waals surface area (Å²) in [6.45, 7) is 16.1. The van der Waals surface area contributed by atoms with Crippen molar-refractivity contribution < 1.29 is 0 Å². The fraction of sp³-hybridized carbons (Fsp3) is 0.579. The summed E-state index contributed by atoms with van der Waals surface area (Å²) in [5.74, 6) is 0. The second-order valence-corrected chi connectivity index (χ2v) is 8.39. The summed E-state index contributed by atoms with van der Waals surface area (Å²) in [6, 6.07) is 2.45. The van der Waals surface area contributed by atoms with Crippen molar-refractivity contribution in [3.05, 3.63) is 39.1 Å². The van der Waals surface area contributed by atoms with Crippen LogP contribution in [0.4, 0.5) is 0 Å². The fourth-order valence-corrected chi connectivity index (χ4v) is 4.43. The van der Waals surface area contributed by atoms with Gasteiger partial charge < -0.3 is 0 Å². The van der Waals surface area contributed by atoms with Crippen molar-refractivity contribution in [2.75, 3.05) is 0 Å². The molecule has 1 aromatic heterocycles. The molecular formula is C19H28S. The van der Waals surface area contributed by atoms with E-state index in [4.69, 9.17) is 0 Å². The normalized spacial score (nSPS) is 21.8. The minimum absolute atomic E-state index is 0.159. The predicted molar refractivity (Wildman–Crippen MR) is 92.7 cm³/mol. The van der Waals surface area contributed by atoms with Gasteiger partial charge in [-0.15, -0.1) is 11.3 Å². The van der Waals surface area contributed by atoms with Crippen LogP contribution in [0.1, 0.15) is 76.6 Å². The van der Waals surface area contributed by atoms with Gasteiger partial charge in [0.15, 0.2) is 0 Å². The molecule has 1 aliphatic carbocycles. The van der Waals surface area contributed by atoms with Gasteiger partial charge in [0.2, 0.25) is 0 Å². The number of hydrogen-bond acceptors (Lipinski definition) is 1. The van der Waals surface area contributed by atoms with Crippen LogP contribution >= 0.6 is 11.3 Å². The Bertz CT molecular complexity index is 559. The van der Waals surface area contributed by atoms with E-state index in [2.05, 4.69) is 66.7 Å². The standard InChI is InChI=1S/C19H28S/c1-8-10-11-14-13(9-2)17-15(19(14,6)7)12-16(20-17)18(3,4)5/h9,11-12H,8,10H2,1-7H3/b13-9?,14-11+. The number of allylic oxidation sites excluding steroid dienone is 4. The number of rotatable bonds is 2. The number of unbranched alkanes of at least 4 members (excludes halogenated alkanes) is 1. The van der Waals surface area contributed by atoms with Gasteiger partial charge in [-0.1, -0.05) is 60.1 Å². The highest BCUT2D eigenvalue weighted by molar-refractivity contribution is 7.13. The number of fused-ring (bicyclic) bond motifs is 1. The van der Waals surface area contributed by atoms with E-state index in [9.17, 15) is 0 Å². The average molecular weight is 288 g/mol. The molecule has 0 saturated carbocycles. The first-order valence-electron chi connectivity index (χ1n) is 7.76. The van der Waals surface area contributed by atoms with Crippen LogP contribution in [0.15, 0.2) is 23.8 Å². The molecule has 0 atom stereocenters. The molecule has 1 heterocycles. The second kappa shape index (κ2) is 5.18. The minimum atomic E-state index is 0.159. The monoisotopic (exact) mass is 288 g/mol. The molecule has 110 valence electrons. The van der Waals surface area contributed by atoms with Crippen LogP contribution in [0.2, 0.25) is 0 Å². The predicted octanol–water partition coefficient (Wildman–Crippen LogP) is 6.47. The summed E-state index contributed by atoms with van der Waals surface area (Å²) in [5, 5.41) is 0. The Morgan fingerprint density at radius 1 is 1.25 bits per heavy atom. The highest BCUT2D eigenvalue weighted by Gasteiger charge is 2.40. The Kier molecular flexibility index (Phi) is 4.03. The maximum absolute atomic E-state index is 2.46. The van der Waals surface area contributed by atoms with Crippen molar-refractivity contribution in [2.45, 2.75) is 72.1 Å². The van der Waals surface area contributed by atoms with Crippen molar-refractivity contribution in [1.29, 1.82) is 0 Å². The maximum Gasteiger partial charge on any atom is 0.0386 e. The zero-order chi connectivity index (χ0) is 15.1. The topological polar surface area (TPSA) is 0 Å². The number of thiophene rings is 1. The summed E-state index contributed by atoms with van der Waals surface area (Å²) < 4.78 is 0. The zero-order valence-electron chi connectivity index (χ0n) is 14.1. The first kappa shape index (κ1) is 15.6. The Hall–Kier alpha value is -0.820. The molecule has 0 unspecified atom stereocenters. The molecule has 1 aliphatic rings. The third-order valence-corrected chi connectivity index (χ3v) is 5.87. The van der Waals surface area contributed by atoms with Gasteiger partial charge in [0, 0.05) is 15.2 Å².